The van der Waals surface area contributed by atoms with Crippen LogP contribution in [0.1, 0.15) is 25.3 Å². The van der Waals surface area contributed by atoms with Gasteiger partial charge in [0.2, 0.25) is 0 Å². The van der Waals surface area contributed by atoms with Crippen molar-refractivity contribution in [2.24, 2.45) is 10.9 Å². The summed E-state index contributed by atoms with van der Waals surface area (Å²) >= 11 is 3.49. The Balaban J connectivity index is 1.92. The highest BCUT2D eigenvalue weighted by Gasteiger charge is 2.27. The molecule has 1 aliphatic rings. The third-order valence-corrected chi connectivity index (χ3v) is 4.80. The maximum atomic E-state index is 11.9. The molecule has 0 spiro atoms. The molecule has 1 heterocycles. The average molecular weight is 412 g/mol. The zero-order valence-electron chi connectivity index (χ0n) is 15.0. The van der Waals surface area contributed by atoms with Gasteiger partial charge in [0.1, 0.15) is 5.75 Å². The van der Waals surface area contributed by atoms with Crippen molar-refractivity contribution in [2.45, 2.75) is 26.3 Å². The number of hydrogen-bond acceptors (Lipinski definition) is 4. The highest BCUT2D eigenvalue weighted by Crippen LogP contribution is 2.23. The van der Waals surface area contributed by atoms with E-state index in [4.69, 9.17) is 9.47 Å². The van der Waals surface area contributed by atoms with Crippen LogP contribution in [-0.4, -0.2) is 50.7 Å². The van der Waals surface area contributed by atoms with Gasteiger partial charge in [-0.05, 0) is 38.0 Å². The first-order valence-electron chi connectivity index (χ1n) is 8.53. The topological polar surface area (TPSA) is 63.2 Å². The quantitative estimate of drug-likeness (QED) is 0.458. The molecule has 0 saturated carbocycles. The van der Waals surface area contributed by atoms with E-state index in [1.54, 1.807) is 14.2 Å². The number of likely N-dealkylation sites (tertiary alicyclic amines) is 1. The van der Waals surface area contributed by atoms with Crippen LogP contribution in [0.15, 0.2) is 27.7 Å². The second-order valence-corrected chi connectivity index (χ2v) is 6.79. The minimum Gasteiger partial charge on any atom is -0.496 e. The Morgan fingerprint density at radius 3 is 2.72 bits per heavy atom. The van der Waals surface area contributed by atoms with Crippen molar-refractivity contribution in [3.8, 4) is 5.75 Å². The Labute approximate surface area is 157 Å². The number of nitrogens with one attached hydrogen (secondary N) is 1. The summed E-state index contributed by atoms with van der Waals surface area (Å²) in [6.07, 6.45) is 1.58. The number of rotatable bonds is 5. The zero-order chi connectivity index (χ0) is 18.2. The summed E-state index contributed by atoms with van der Waals surface area (Å²) in [6.45, 7) is 4.48. The van der Waals surface area contributed by atoms with E-state index in [1.165, 1.54) is 0 Å². The lowest BCUT2D eigenvalue weighted by Crippen LogP contribution is -2.46. The Kier molecular flexibility index (Phi) is 7.55. The van der Waals surface area contributed by atoms with Crippen molar-refractivity contribution in [1.82, 2.24) is 10.2 Å². The molecule has 1 saturated heterocycles. The lowest BCUT2D eigenvalue weighted by Gasteiger charge is -2.33. The van der Waals surface area contributed by atoms with Crippen LogP contribution in [0.4, 0.5) is 0 Å². The van der Waals surface area contributed by atoms with Gasteiger partial charge in [0.25, 0.3) is 0 Å². The van der Waals surface area contributed by atoms with E-state index in [-0.39, 0.29) is 11.9 Å². The minimum absolute atomic E-state index is 0.000483. The van der Waals surface area contributed by atoms with Crippen LogP contribution in [0.3, 0.4) is 0 Å². The summed E-state index contributed by atoms with van der Waals surface area (Å²) in [6, 6.07) is 5.93. The number of halogens is 1. The number of hydrogen-bond donors (Lipinski definition) is 1. The zero-order valence-corrected chi connectivity index (χ0v) is 16.6. The van der Waals surface area contributed by atoms with Gasteiger partial charge in [-0.25, -0.2) is 0 Å². The number of nitrogens with zero attached hydrogens (tertiary/aromatic N) is 2. The van der Waals surface area contributed by atoms with Crippen molar-refractivity contribution in [2.75, 3.05) is 33.9 Å². The number of aliphatic imine (C=N–C) groups is 1. The van der Waals surface area contributed by atoms with Gasteiger partial charge < -0.3 is 19.7 Å². The van der Waals surface area contributed by atoms with Crippen LogP contribution in [-0.2, 0) is 16.1 Å². The molecule has 1 aromatic rings. The van der Waals surface area contributed by atoms with Crippen LogP contribution < -0.4 is 10.1 Å². The molecule has 0 atom stereocenters. The third kappa shape index (κ3) is 5.36. The number of piperidine rings is 1. The van der Waals surface area contributed by atoms with Gasteiger partial charge in [-0.15, -0.1) is 0 Å². The second-order valence-electron chi connectivity index (χ2n) is 5.87. The number of guanidine groups is 1. The van der Waals surface area contributed by atoms with Crippen molar-refractivity contribution < 1.29 is 14.3 Å². The van der Waals surface area contributed by atoms with Gasteiger partial charge in [-0.3, -0.25) is 9.79 Å². The third-order valence-electron chi connectivity index (χ3n) is 4.31. The maximum Gasteiger partial charge on any atom is 0.309 e. The first-order chi connectivity index (χ1) is 12.1. The number of benzene rings is 1. The minimum atomic E-state index is -0.0797. The normalized spacial score (nSPS) is 15.8. The summed E-state index contributed by atoms with van der Waals surface area (Å²) in [5.74, 6) is 1.60. The number of ether oxygens (including phenoxy) is 2. The number of methoxy groups -OCH3 is 1. The van der Waals surface area contributed by atoms with Gasteiger partial charge in [0, 0.05) is 36.7 Å². The lowest BCUT2D eigenvalue weighted by atomic mass is 9.97. The fourth-order valence-corrected chi connectivity index (χ4v) is 3.39. The summed E-state index contributed by atoms with van der Waals surface area (Å²) < 4.78 is 11.5. The molecule has 7 heteroatoms. The van der Waals surface area contributed by atoms with E-state index in [0.29, 0.717) is 13.2 Å². The lowest BCUT2D eigenvalue weighted by molar-refractivity contribution is -0.149. The van der Waals surface area contributed by atoms with Crippen LogP contribution in [0.2, 0.25) is 0 Å². The van der Waals surface area contributed by atoms with E-state index >= 15 is 0 Å². The molecule has 6 nitrogen and oxygen atoms in total. The molecule has 1 N–H and O–H groups in total. The predicted molar refractivity (Wildman–Crippen MR) is 102 cm³/mol. The average Bonchev–Trinajstić information content (AvgIpc) is 2.63. The Hall–Kier alpha value is -1.76. The standard InChI is InChI=1S/C18H26BrN3O3/c1-4-25-17(23)13-7-9-22(10-8-13)18(20-2)21-12-14-11-15(19)5-6-16(14)24-3/h5-6,11,13H,4,7-10,12H2,1-3H3,(H,20,21). The first-order valence-corrected chi connectivity index (χ1v) is 9.33. The van der Waals surface area contributed by atoms with E-state index < -0.39 is 0 Å². The van der Waals surface area contributed by atoms with Gasteiger partial charge in [-0.2, -0.15) is 0 Å². The van der Waals surface area contributed by atoms with Crippen molar-refractivity contribution >= 4 is 27.9 Å². The fourth-order valence-electron chi connectivity index (χ4n) is 2.98. The highest BCUT2D eigenvalue weighted by atomic mass is 79.9. The molecular formula is C18H26BrN3O3. The van der Waals surface area contributed by atoms with Gasteiger partial charge >= 0.3 is 5.97 Å². The molecular weight excluding hydrogens is 386 g/mol. The molecule has 0 aromatic heterocycles. The highest BCUT2D eigenvalue weighted by molar-refractivity contribution is 9.10. The molecule has 138 valence electrons. The Morgan fingerprint density at radius 1 is 1.40 bits per heavy atom. The van der Waals surface area contributed by atoms with E-state index in [9.17, 15) is 4.79 Å². The summed E-state index contributed by atoms with van der Waals surface area (Å²) in [7, 11) is 3.44. The van der Waals surface area contributed by atoms with Gasteiger partial charge in [-0.1, -0.05) is 15.9 Å². The molecule has 0 bridgehead atoms. The Bertz CT molecular complexity index is 614. The molecule has 1 aliphatic heterocycles. The first kappa shape index (κ1) is 19.6. The number of carbonyl (C=O) groups excluding carboxylic acids is 1. The van der Waals surface area contributed by atoms with E-state index in [1.807, 2.05) is 25.1 Å². The van der Waals surface area contributed by atoms with E-state index in [2.05, 4.69) is 31.1 Å². The number of esters is 1. The monoisotopic (exact) mass is 411 g/mol. The number of carbonyl (C=O) groups is 1. The summed E-state index contributed by atoms with van der Waals surface area (Å²) in [4.78, 5) is 18.4. The molecule has 2 rings (SSSR count). The van der Waals surface area contributed by atoms with Crippen LogP contribution in [0.25, 0.3) is 0 Å². The molecule has 1 fully saturated rings. The van der Waals surface area contributed by atoms with Gasteiger partial charge in [0.05, 0.1) is 19.6 Å². The van der Waals surface area contributed by atoms with Crippen molar-refractivity contribution in [3.63, 3.8) is 0 Å². The van der Waals surface area contributed by atoms with Gasteiger partial charge in [0.15, 0.2) is 5.96 Å². The van der Waals surface area contributed by atoms with Crippen LogP contribution >= 0.6 is 15.9 Å². The SMILES string of the molecule is CCOC(=O)C1CCN(C(=NC)NCc2cc(Br)ccc2OC)CC1. The fraction of sp³-hybridized carbons (Fsp3) is 0.556. The van der Waals surface area contributed by atoms with Crippen molar-refractivity contribution in [3.05, 3.63) is 28.2 Å². The molecule has 0 unspecified atom stereocenters. The molecule has 0 amide bonds. The van der Waals surface area contributed by atoms with E-state index in [0.717, 1.165) is 47.7 Å². The Morgan fingerprint density at radius 2 is 2.12 bits per heavy atom. The summed E-state index contributed by atoms with van der Waals surface area (Å²) in [5.41, 5.74) is 1.06. The largest absolute Gasteiger partial charge is 0.496 e. The van der Waals surface area contributed by atoms with Crippen LogP contribution in [0, 0.1) is 5.92 Å². The molecule has 25 heavy (non-hydrogen) atoms. The second kappa shape index (κ2) is 9.65. The summed E-state index contributed by atoms with van der Waals surface area (Å²) in [5, 5.41) is 3.39. The predicted octanol–water partition coefficient (Wildman–Crippen LogP) is 2.81. The smallest absolute Gasteiger partial charge is 0.309 e. The van der Waals surface area contributed by atoms with Crippen LogP contribution in [0.5, 0.6) is 5.75 Å². The van der Waals surface area contributed by atoms with Crippen molar-refractivity contribution in [1.29, 1.82) is 0 Å². The molecule has 0 radical (unpaired) electrons. The maximum absolute atomic E-state index is 11.9. The molecule has 0 aliphatic carbocycles. The molecule has 1 aromatic carbocycles.